The smallest absolute Gasteiger partial charge is 0.290 e. The molecule has 2 aromatic carbocycles. The number of rotatable bonds is 5. The first kappa shape index (κ1) is 22.6. The van der Waals surface area contributed by atoms with E-state index in [1.807, 2.05) is 65.9 Å². The molecule has 9 heteroatoms. The summed E-state index contributed by atoms with van der Waals surface area (Å²) in [7, 11) is 0. The van der Waals surface area contributed by atoms with E-state index in [9.17, 15) is 14.7 Å². The fourth-order valence-corrected chi connectivity index (χ4v) is 6.08. The second kappa shape index (κ2) is 8.69. The summed E-state index contributed by atoms with van der Waals surface area (Å²) in [6.07, 6.45) is 3.33. The van der Waals surface area contributed by atoms with Crippen LogP contribution in [0.2, 0.25) is 0 Å². The summed E-state index contributed by atoms with van der Waals surface area (Å²) in [5, 5.41) is 11.0. The summed E-state index contributed by atoms with van der Waals surface area (Å²) < 4.78 is 2.82. The number of nitrogens with zero attached hydrogens (tertiary/aromatic N) is 4. The Morgan fingerprint density at radius 2 is 1.89 bits per heavy atom. The summed E-state index contributed by atoms with van der Waals surface area (Å²) in [4.78, 5) is 38.8. The average Bonchev–Trinajstić information content (AvgIpc) is 3.50. The number of hydrogen-bond donors (Lipinski definition) is 1. The summed E-state index contributed by atoms with van der Waals surface area (Å²) in [5.74, 6) is -1.48. The van der Waals surface area contributed by atoms with E-state index in [0.717, 1.165) is 32.3 Å². The van der Waals surface area contributed by atoms with Gasteiger partial charge in [0.15, 0.2) is 10.7 Å². The number of thiazole rings is 1. The number of benzene rings is 2. The molecule has 0 saturated heterocycles. The molecule has 0 radical (unpaired) electrons. The molecule has 178 valence electrons. The van der Waals surface area contributed by atoms with E-state index >= 15 is 0 Å². The average molecular weight is 559 g/mol. The molecule has 0 fully saturated rings. The minimum Gasteiger partial charge on any atom is -0.503 e. The quantitative estimate of drug-likeness (QED) is 0.276. The lowest BCUT2D eigenvalue weighted by Crippen LogP contribution is -2.30. The van der Waals surface area contributed by atoms with Crippen molar-refractivity contribution in [3.05, 3.63) is 111 Å². The Labute approximate surface area is 218 Å². The maximum atomic E-state index is 14.0. The van der Waals surface area contributed by atoms with Crippen LogP contribution in [-0.2, 0) is 11.3 Å². The molecule has 1 unspecified atom stereocenters. The molecule has 1 aliphatic rings. The van der Waals surface area contributed by atoms with Crippen molar-refractivity contribution in [1.29, 1.82) is 0 Å². The Morgan fingerprint density at radius 3 is 2.64 bits per heavy atom. The summed E-state index contributed by atoms with van der Waals surface area (Å²) >= 11 is 4.71. The van der Waals surface area contributed by atoms with Crippen LogP contribution in [0.15, 0.2) is 88.9 Å². The van der Waals surface area contributed by atoms with E-state index in [0.29, 0.717) is 9.84 Å². The van der Waals surface area contributed by atoms with Crippen molar-refractivity contribution in [2.75, 3.05) is 0 Å². The number of hydrogen-bond acceptors (Lipinski definition) is 6. The standard InChI is InChI=1S/C27H19BrN4O3S/c1-15-25(36-27-30-19-6-2-3-7-20(19)32(15)27)23(33)21-22(17-8-10-18(28)11-9-17)31(26(35)24(21)34)14-16-5-4-12-29-13-16/h2-13,22,34H,14H2,1H3. The summed E-state index contributed by atoms with van der Waals surface area (Å²) in [6, 6.07) is 18.1. The predicted octanol–water partition coefficient (Wildman–Crippen LogP) is 5.79. The van der Waals surface area contributed by atoms with Gasteiger partial charge >= 0.3 is 0 Å². The van der Waals surface area contributed by atoms with Gasteiger partial charge in [-0.05, 0) is 48.4 Å². The van der Waals surface area contributed by atoms with E-state index in [4.69, 9.17) is 0 Å². The molecule has 36 heavy (non-hydrogen) atoms. The molecular formula is C27H19BrN4O3S. The fourth-order valence-electron chi connectivity index (χ4n) is 4.72. The van der Waals surface area contributed by atoms with Gasteiger partial charge in [-0.25, -0.2) is 4.98 Å². The lowest BCUT2D eigenvalue weighted by atomic mass is 9.95. The maximum absolute atomic E-state index is 14.0. The number of imidazole rings is 1. The number of Topliss-reactive ketones (excluding diaryl/α,β-unsaturated/α-hetero) is 1. The lowest BCUT2D eigenvalue weighted by molar-refractivity contribution is -0.130. The highest BCUT2D eigenvalue weighted by atomic mass is 79.9. The topological polar surface area (TPSA) is 87.8 Å². The van der Waals surface area contributed by atoms with Crippen LogP contribution >= 0.6 is 27.3 Å². The number of aromatic nitrogens is 3. The van der Waals surface area contributed by atoms with Gasteiger partial charge in [0.25, 0.3) is 5.91 Å². The highest BCUT2D eigenvalue weighted by Gasteiger charge is 2.44. The van der Waals surface area contributed by atoms with Gasteiger partial charge in [-0.1, -0.05) is 57.6 Å². The van der Waals surface area contributed by atoms with E-state index in [-0.39, 0.29) is 17.9 Å². The van der Waals surface area contributed by atoms with Crippen LogP contribution in [-0.4, -0.2) is 36.1 Å². The molecule has 1 N–H and O–H groups in total. The number of fused-ring (bicyclic) bond motifs is 3. The maximum Gasteiger partial charge on any atom is 0.290 e. The highest BCUT2D eigenvalue weighted by molar-refractivity contribution is 9.10. The summed E-state index contributed by atoms with van der Waals surface area (Å²) in [5.41, 5.74) is 4.08. The first-order chi connectivity index (χ1) is 17.4. The van der Waals surface area contributed by atoms with Gasteiger partial charge in [0.05, 0.1) is 27.5 Å². The number of aliphatic hydroxyl groups excluding tert-OH is 1. The monoisotopic (exact) mass is 558 g/mol. The molecule has 3 aromatic heterocycles. The number of para-hydroxylation sites is 2. The molecular weight excluding hydrogens is 540 g/mol. The van der Waals surface area contributed by atoms with Gasteiger partial charge in [-0.2, -0.15) is 0 Å². The number of aliphatic hydroxyl groups is 1. The van der Waals surface area contributed by atoms with Crippen molar-refractivity contribution in [2.24, 2.45) is 0 Å². The Morgan fingerprint density at radius 1 is 1.11 bits per heavy atom. The zero-order chi connectivity index (χ0) is 25.0. The van der Waals surface area contributed by atoms with Gasteiger partial charge in [-0.3, -0.25) is 19.0 Å². The first-order valence-electron chi connectivity index (χ1n) is 11.2. The zero-order valence-electron chi connectivity index (χ0n) is 19.1. The van der Waals surface area contributed by atoms with Crippen molar-refractivity contribution in [2.45, 2.75) is 19.5 Å². The van der Waals surface area contributed by atoms with Crippen LogP contribution in [0.4, 0.5) is 0 Å². The Bertz CT molecular complexity index is 1690. The number of pyridine rings is 1. The molecule has 0 bridgehead atoms. The minimum absolute atomic E-state index is 0.0723. The SMILES string of the molecule is Cc1c(C(=O)C2=C(O)C(=O)N(Cc3cccnc3)C2c2ccc(Br)cc2)sc2nc3ccccc3n12. The van der Waals surface area contributed by atoms with Crippen LogP contribution in [0.5, 0.6) is 0 Å². The lowest BCUT2D eigenvalue weighted by Gasteiger charge is -2.27. The number of carbonyl (C=O) groups is 2. The van der Waals surface area contributed by atoms with Crippen molar-refractivity contribution in [3.8, 4) is 0 Å². The molecule has 0 aliphatic carbocycles. The van der Waals surface area contributed by atoms with Crippen molar-refractivity contribution >= 4 is 55.0 Å². The molecule has 7 nitrogen and oxygen atoms in total. The third-order valence-corrected chi connectivity index (χ3v) is 8.07. The van der Waals surface area contributed by atoms with Crippen molar-refractivity contribution < 1.29 is 14.7 Å². The number of aryl methyl sites for hydroxylation is 1. The van der Waals surface area contributed by atoms with Crippen LogP contribution in [0.3, 0.4) is 0 Å². The van der Waals surface area contributed by atoms with Gasteiger partial charge in [-0.15, -0.1) is 0 Å². The molecule has 1 aliphatic heterocycles. The molecule has 1 atom stereocenters. The van der Waals surface area contributed by atoms with E-state index in [1.54, 1.807) is 18.5 Å². The Kier molecular flexibility index (Phi) is 5.46. The number of carbonyl (C=O) groups excluding carboxylic acids is 2. The number of halogens is 1. The van der Waals surface area contributed by atoms with E-state index in [2.05, 4.69) is 25.9 Å². The predicted molar refractivity (Wildman–Crippen MR) is 141 cm³/mol. The zero-order valence-corrected chi connectivity index (χ0v) is 21.5. The molecule has 4 heterocycles. The highest BCUT2D eigenvalue weighted by Crippen LogP contribution is 2.42. The van der Waals surface area contributed by atoms with E-state index in [1.165, 1.54) is 16.2 Å². The normalized spacial score (nSPS) is 16.0. The molecule has 5 aromatic rings. The van der Waals surface area contributed by atoms with Gasteiger partial charge in [0, 0.05) is 29.1 Å². The second-order valence-electron chi connectivity index (χ2n) is 8.57. The second-order valence-corrected chi connectivity index (χ2v) is 10.5. The van der Waals surface area contributed by atoms with Gasteiger partial charge in [0.1, 0.15) is 0 Å². The minimum atomic E-state index is -0.746. The third-order valence-electron chi connectivity index (χ3n) is 6.40. The molecule has 1 amide bonds. The largest absolute Gasteiger partial charge is 0.503 e. The van der Waals surface area contributed by atoms with Gasteiger partial charge in [0.2, 0.25) is 5.78 Å². The first-order valence-corrected chi connectivity index (χ1v) is 12.8. The van der Waals surface area contributed by atoms with Crippen LogP contribution in [0.25, 0.3) is 16.0 Å². The van der Waals surface area contributed by atoms with Crippen LogP contribution in [0, 0.1) is 6.92 Å². The van der Waals surface area contributed by atoms with E-state index < -0.39 is 17.7 Å². The number of amides is 1. The molecule has 6 rings (SSSR count). The fraction of sp³-hybridized carbons (Fsp3) is 0.111. The van der Waals surface area contributed by atoms with Crippen molar-refractivity contribution in [1.82, 2.24) is 19.3 Å². The van der Waals surface area contributed by atoms with Crippen molar-refractivity contribution in [3.63, 3.8) is 0 Å². The Hall–Kier alpha value is -3.82. The van der Waals surface area contributed by atoms with Crippen LogP contribution in [0.1, 0.15) is 32.5 Å². The van der Waals surface area contributed by atoms with Crippen LogP contribution < -0.4 is 0 Å². The third kappa shape index (κ3) is 3.54. The van der Waals surface area contributed by atoms with Gasteiger partial charge < -0.3 is 10.0 Å². The molecule has 0 spiro atoms. The summed E-state index contributed by atoms with van der Waals surface area (Å²) in [6.45, 7) is 2.06. The number of ketones is 1. The molecule has 0 saturated carbocycles. The Balaban J connectivity index is 1.48.